The molecule has 10 heteroatoms. The van der Waals surface area contributed by atoms with E-state index in [2.05, 4.69) is 25.4 Å². The number of likely N-dealkylation sites (tertiary alicyclic amines) is 1. The predicted octanol–water partition coefficient (Wildman–Crippen LogP) is 2.99. The summed E-state index contributed by atoms with van der Waals surface area (Å²) in [7, 11) is 0. The molecule has 0 saturated carbocycles. The number of esters is 1. The van der Waals surface area contributed by atoms with E-state index >= 15 is 0 Å². The van der Waals surface area contributed by atoms with Crippen LogP contribution in [0.2, 0.25) is 0 Å². The zero-order valence-corrected chi connectivity index (χ0v) is 25.9. The van der Waals surface area contributed by atoms with Crippen molar-refractivity contribution in [1.29, 1.82) is 0 Å². The molecule has 3 heterocycles. The van der Waals surface area contributed by atoms with Crippen molar-refractivity contribution in [3.8, 4) is 0 Å². The van der Waals surface area contributed by atoms with Crippen LogP contribution < -0.4 is 5.32 Å². The largest absolute Gasteiger partial charge is 0.460 e. The third-order valence-corrected chi connectivity index (χ3v) is 9.26. The molecular formula is C32H51N3O7. The van der Waals surface area contributed by atoms with Crippen LogP contribution in [-0.2, 0) is 28.7 Å². The summed E-state index contributed by atoms with van der Waals surface area (Å²) in [5.41, 5.74) is -1.17. The van der Waals surface area contributed by atoms with Gasteiger partial charge in [0.25, 0.3) is 0 Å². The molecule has 3 rings (SSSR count). The van der Waals surface area contributed by atoms with Crippen LogP contribution in [-0.4, -0.2) is 94.7 Å². The first-order valence-electron chi connectivity index (χ1n) is 15.7. The highest BCUT2D eigenvalue weighted by molar-refractivity contribution is 5.98. The van der Waals surface area contributed by atoms with E-state index in [9.17, 15) is 24.3 Å². The summed E-state index contributed by atoms with van der Waals surface area (Å²) in [5.74, 6) is -3.11. The Bertz CT molecular complexity index is 1000. The Labute approximate surface area is 250 Å². The van der Waals surface area contributed by atoms with Crippen molar-refractivity contribution in [3.05, 3.63) is 25.3 Å². The number of rotatable bonds is 18. The summed E-state index contributed by atoms with van der Waals surface area (Å²) >= 11 is 0. The topological polar surface area (TPSA) is 125 Å². The number of fused-ring (bicyclic) bond motifs is 1. The maximum Gasteiger partial charge on any atom is 0.312 e. The van der Waals surface area contributed by atoms with Crippen LogP contribution in [0.3, 0.4) is 0 Å². The monoisotopic (exact) mass is 589 g/mol. The van der Waals surface area contributed by atoms with Crippen molar-refractivity contribution in [2.45, 2.75) is 109 Å². The molecule has 42 heavy (non-hydrogen) atoms. The Morgan fingerprint density at radius 1 is 1.24 bits per heavy atom. The molecule has 0 aromatic rings. The first-order valence-corrected chi connectivity index (χ1v) is 15.7. The van der Waals surface area contributed by atoms with Crippen LogP contribution in [0.5, 0.6) is 0 Å². The van der Waals surface area contributed by atoms with Crippen LogP contribution in [0, 0.1) is 17.8 Å². The van der Waals surface area contributed by atoms with E-state index in [0.717, 1.165) is 19.3 Å². The molecule has 3 fully saturated rings. The number of unbranched alkanes of at least 4 members (excludes halogenated alkanes) is 2. The molecule has 10 nitrogen and oxygen atoms in total. The molecule has 3 amide bonds. The van der Waals surface area contributed by atoms with Crippen molar-refractivity contribution in [2.75, 3.05) is 26.2 Å². The molecule has 0 aliphatic carbocycles. The van der Waals surface area contributed by atoms with Gasteiger partial charge in [0.2, 0.25) is 17.7 Å². The number of hydrogen-bond acceptors (Lipinski definition) is 7. The number of aliphatic hydroxyl groups is 1. The van der Waals surface area contributed by atoms with Crippen molar-refractivity contribution < 1.29 is 33.8 Å². The number of hydrogen-bond donors (Lipinski definition) is 2. The molecule has 8 atom stereocenters. The second kappa shape index (κ2) is 15.1. The third-order valence-electron chi connectivity index (χ3n) is 9.26. The van der Waals surface area contributed by atoms with Gasteiger partial charge in [0, 0.05) is 19.5 Å². The van der Waals surface area contributed by atoms with Gasteiger partial charge in [0.1, 0.15) is 17.7 Å². The van der Waals surface area contributed by atoms with E-state index in [0.29, 0.717) is 45.2 Å². The van der Waals surface area contributed by atoms with Crippen molar-refractivity contribution >= 4 is 23.7 Å². The number of carbonyl (C=O) groups is 4. The summed E-state index contributed by atoms with van der Waals surface area (Å²) in [5, 5.41) is 13.3. The highest BCUT2D eigenvalue weighted by Crippen LogP contribution is 2.59. The van der Waals surface area contributed by atoms with E-state index < -0.39 is 47.7 Å². The van der Waals surface area contributed by atoms with Crippen LogP contribution in [0.15, 0.2) is 25.3 Å². The van der Waals surface area contributed by atoms with E-state index in [1.165, 1.54) is 0 Å². The highest BCUT2D eigenvalue weighted by Gasteiger charge is 2.75. The zero-order valence-electron chi connectivity index (χ0n) is 25.9. The number of ether oxygens (including phenoxy) is 2. The summed E-state index contributed by atoms with van der Waals surface area (Å²) in [4.78, 5) is 57.6. The summed E-state index contributed by atoms with van der Waals surface area (Å²) in [6.07, 6.45) is 7.53. The van der Waals surface area contributed by atoms with Gasteiger partial charge in [-0.3, -0.25) is 19.2 Å². The quantitative estimate of drug-likeness (QED) is 0.143. The number of allylic oxidation sites excluding steroid dienone is 1. The molecule has 1 spiro atoms. The first kappa shape index (κ1) is 33.8. The lowest BCUT2D eigenvalue weighted by atomic mass is 9.70. The maximum absolute atomic E-state index is 14.4. The first-order chi connectivity index (χ1) is 20.1. The summed E-state index contributed by atoms with van der Waals surface area (Å²) in [6.45, 7) is 15.9. The molecule has 2 bridgehead atoms. The second-order valence-electron chi connectivity index (χ2n) is 12.1. The fourth-order valence-corrected chi connectivity index (χ4v) is 6.88. The van der Waals surface area contributed by atoms with Gasteiger partial charge < -0.3 is 29.7 Å². The van der Waals surface area contributed by atoms with Gasteiger partial charge in [0.15, 0.2) is 0 Å². The van der Waals surface area contributed by atoms with Crippen LogP contribution in [0.4, 0.5) is 0 Å². The van der Waals surface area contributed by atoms with Crippen molar-refractivity contribution in [2.24, 2.45) is 17.8 Å². The highest BCUT2D eigenvalue weighted by atomic mass is 16.6. The molecular weight excluding hydrogens is 538 g/mol. The van der Waals surface area contributed by atoms with Gasteiger partial charge in [0.05, 0.1) is 37.1 Å². The molecule has 0 unspecified atom stereocenters. The minimum absolute atomic E-state index is 0.0789. The minimum atomic E-state index is -1.17. The fourth-order valence-electron chi connectivity index (χ4n) is 6.88. The maximum atomic E-state index is 14.4. The molecule has 3 saturated heterocycles. The van der Waals surface area contributed by atoms with E-state index in [1.54, 1.807) is 28.9 Å². The van der Waals surface area contributed by atoms with Gasteiger partial charge in [-0.05, 0) is 38.5 Å². The molecule has 236 valence electrons. The molecule has 3 aliphatic rings. The predicted molar refractivity (Wildman–Crippen MR) is 159 cm³/mol. The van der Waals surface area contributed by atoms with E-state index in [4.69, 9.17) is 9.47 Å². The number of amides is 3. The normalized spacial score (nSPS) is 28.1. The van der Waals surface area contributed by atoms with E-state index in [1.807, 2.05) is 13.8 Å². The summed E-state index contributed by atoms with van der Waals surface area (Å²) < 4.78 is 12.3. The number of nitrogens with one attached hydrogen (secondary N) is 1. The molecule has 3 aliphatic heterocycles. The number of aliphatic hydroxyl groups excluding tert-OH is 1. The average molecular weight is 590 g/mol. The Balaban J connectivity index is 1.91. The Kier molecular flexibility index (Phi) is 12.2. The SMILES string of the molecule is C=CCCC(=O)NC[C@@H](C)OC(=O)[C@@H]1[C@H]2C(=O)N([C@@H](CO)[C@@H](C)CC)[C@H](C(=O)N(CC=C)CCCCC)[C@]23CC[C@H]1O3. The third kappa shape index (κ3) is 6.75. The Hall–Kier alpha value is -2.72. The smallest absolute Gasteiger partial charge is 0.312 e. The van der Waals surface area contributed by atoms with Gasteiger partial charge >= 0.3 is 5.97 Å². The summed E-state index contributed by atoms with van der Waals surface area (Å²) in [6, 6.07) is -1.55. The minimum Gasteiger partial charge on any atom is -0.460 e. The Morgan fingerprint density at radius 3 is 2.60 bits per heavy atom. The molecule has 0 aromatic carbocycles. The number of carbonyl (C=O) groups excluding carboxylic acids is 4. The van der Waals surface area contributed by atoms with Crippen LogP contribution >= 0.6 is 0 Å². The number of nitrogens with zero attached hydrogens (tertiary/aromatic N) is 2. The lowest BCUT2D eigenvalue weighted by Crippen LogP contribution is -2.59. The molecule has 0 aromatic heterocycles. The Morgan fingerprint density at radius 2 is 1.98 bits per heavy atom. The fraction of sp³-hybridized carbons (Fsp3) is 0.750. The van der Waals surface area contributed by atoms with Crippen LogP contribution in [0.1, 0.15) is 79.1 Å². The van der Waals surface area contributed by atoms with Gasteiger partial charge in [-0.2, -0.15) is 0 Å². The van der Waals surface area contributed by atoms with Gasteiger partial charge in [-0.25, -0.2) is 0 Å². The van der Waals surface area contributed by atoms with Crippen LogP contribution in [0.25, 0.3) is 0 Å². The molecule has 0 radical (unpaired) electrons. The van der Waals surface area contributed by atoms with Gasteiger partial charge in [-0.1, -0.05) is 52.2 Å². The zero-order chi connectivity index (χ0) is 31.0. The second-order valence-corrected chi connectivity index (χ2v) is 12.1. The van der Waals surface area contributed by atoms with Crippen molar-refractivity contribution in [3.63, 3.8) is 0 Å². The lowest BCUT2D eigenvalue weighted by Gasteiger charge is -2.41. The van der Waals surface area contributed by atoms with E-state index in [-0.39, 0.29) is 36.8 Å². The van der Waals surface area contributed by atoms with Gasteiger partial charge in [-0.15, -0.1) is 13.2 Å². The molecule has 2 N–H and O–H groups in total. The average Bonchev–Trinajstić information content (AvgIpc) is 3.62. The van der Waals surface area contributed by atoms with Crippen molar-refractivity contribution in [1.82, 2.24) is 15.1 Å². The lowest BCUT2D eigenvalue weighted by molar-refractivity contribution is -0.160. The standard InChI is InChI=1S/C32H51N3O7/c1-7-11-13-18-34(17-9-3)30(39)28-32-16-15-24(42-32)26(27(32)29(38)35(28)23(20-36)21(5)10-4)31(40)41-22(6)19-33-25(37)14-12-8-2/h8-9,21-24,26-28,36H,2-3,7,10-20H2,1,4-6H3,(H,33,37)/t21-,22+,23-,24+,26-,27-,28+,32-/m0/s1.